The molecule has 0 radical (unpaired) electrons. The van der Waals surface area contributed by atoms with Gasteiger partial charge in [0.25, 0.3) is 0 Å². The monoisotopic (exact) mass is 237 g/mol. The van der Waals surface area contributed by atoms with Crippen LogP contribution in [0.1, 0.15) is 19.3 Å². The maximum Gasteiger partial charge on any atom is 0.200 e. The molecule has 6 N–H and O–H groups in total. The summed E-state index contributed by atoms with van der Waals surface area (Å²) in [6.07, 6.45) is 4.17. The molecule has 0 amide bonds. The van der Waals surface area contributed by atoms with Gasteiger partial charge in [-0.1, -0.05) is 6.42 Å². The van der Waals surface area contributed by atoms with E-state index in [4.69, 9.17) is 16.4 Å². The molecule has 1 saturated heterocycles. The summed E-state index contributed by atoms with van der Waals surface area (Å²) in [5, 5.41) is 3.03. The molecule has 92 valence electrons. The van der Waals surface area contributed by atoms with Crippen LogP contribution in [0.15, 0.2) is 0 Å². The van der Waals surface area contributed by atoms with E-state index in [9.17, 15) is 4.57 Å². The standard InChI is InChI=1S/C5H11O2P.C4H13N3/c6-8(7)4-2-1-3-5-8;5-1-3-7-4-2-6/h1-5H2,(H,6,7);7H,1-6H2. The van der Waals surface area contributed by atoms with Gasteiger partial charge in [-0.3, -0.25) is 4.57 Å². The van der Waals surface area contributed by atoms with Crippen molar-refractivity contribution in [1.29, 1.82) is 0 Å². The Morgan fingerprint density at radius 2 is 1.53 bits per heavy atom. The van der Waals surface area contributed by atoms with Crippen LogP contribution in [0.5, 0.6) is 0 Å². The average molecular weight is 237 g/mol. The first-order valence-electron chi connectivity index (χ1n) is 5.54. The molecule has 0 aromatic carbocycles. The molecule has 6 heteroatoms. The minimum atomic E-state index is -2.59. The van der Waals surface area contributed by atoms with Crippen LogP contribution in [-0.4, -0.2) is 43.4 Å². The largest absolute Gasteiger partial charge is 0.344 e. The number of rotatable bonds is 4. The van der Waals surface area contributed by atoms with Crippen LogP contribution in [0.3, 0.4) is 0 Å². The first kappa shape index (κ1) is 15.1. The van der Waals surface area contributed by atoms with Crippen molar-refractivity contribution in [3.8, 4) is 0 Å². The summed E-state index contributed by atoms with van der Waals surface area (Å²) in [6, 6.07) is 0. The van der Waals surface area contributed by atoms with Crippen molar-refractivity contribution in [3.05, 3.63) is 0 Å². The van der Waals surface area contributed by atoms with Crippen LogP contribution >= 0.6 is 7.37 Å². The Kier molecular flexibility index (Phi) is 9.35. The van der Waals surface area contributed by atoms with Gasteiger partial charge >= 0.3 is 0 Å². The van der Waals surface area contributed by atoms with Gasteiger partial charge in [-0.2, -0.15) is 0 Å². The van der Waals surface area contributed by atoms with Gasteiger partial charge in [0.1, 0.15) is 0 Å². The molecule has 0 aromatic rings. The van der Waals surface area contributed by atoms with E-state index in [1.165, 1.54) is 0 Å². The molecule has 0 aromatic heterocycles. The third-order valence-electron chi connectivity index (χ3n) is 2.16. The van der Waals surface area contributed by atoms with Crippen LogP contribution in [-0.2, 0) is 4.57 Å². The molecule has 1 rings (SSSR count). The fourth-order valence-electron chi connectivity index (χ4n) is 1.34. The SMILES string of the molecule is NCCNCCN.O=P1(O)CCCCC1. The molecule has 0 bridgehead atoms. The van der Waals surface area contributed by atoms with Crippen LogP contribution < -0.4 is 16.8 Å². The van der Waals surface area contributed by atoms with Crippen molar-refractivity contribution in [1.82, 2.24) is 5.32 Å². The first-order valence-corrected chi connectivity index (χ1v) is 7.57. The summed E-state index contributed by atoms with van der Waals surface area (Å²) < 4.78 is 10.8. The van der Waals surface area contributed by atoms with Crippen LogP contribution in [0, 0.1) is 0 Å². The number of nitrogens with one attached hydrogen (secondary N) is 1. The highest BCUT2D eigenvalue weighted by molar-refractivity contribution is 7.58. The summed E-state index contributed by atoms with van der Waals surface area (Å²) in [5.41, 5.74) is 10.3. The van der Waals surface area contributed by atoms with Crippen molar-refractivity contribution < 1.29 is 9.46 Å². The molecule has 1 aliphatic rings. The number of hydrogen-bond acceptors (Lipinski definition) is 4. The van der Waals surface area contributed by atoms with E-state index in [2.05, 4.69) is 5.32 Å². The molecule has 0 saturated carbocycles. The predicted molar refractivity (Wildman–Crippen MR) is 64.4 cm³/mol. The Bertz CT molecular complexity index is 176. The minimum Gasteiger partial charge on any atom is -0.344 e. The fourth-order valence-corrected chi connectivity index (χ4v) is 2.99. The maximum absolute atomic E-state index is 10.8. The van der Waals surface area contributed by atoms with E-state index in [-0.39, 0.29) is 0 Å². The normalized spacial score (nSPS) is 19.1. The van der Waals surface area contributed by atoms with Gasteiger partial charge in [0, 0.05) is 38.5 Å². The average Bonchev–Trinajstić information content (AvgIpc) is 2.19. The Morgan fingerprint density at radius 3 is 1.80 bits per heavy atom. The summed E-state index contributed by atoms with van der Waals surface area (Å²) in [5.74, 6) is 0. The lowest BCUT2D eigenvalue weighted by Crippen LogP contribution is -2.27. The Hall–Kier alpha value is 0.0700. The molecule has 0 unspecified atom stereocenters. The highest BCUT2D eigenvalue weighted by Crippen LogP contribution is 2.45. The summed E-state index contributed by atoms with van der Waals surface area (Å²) >= 11 is 0. The smallest absolute Gasteiger partial charge is 0.200 e. The van der Waals surface area contributed by atoms with Gasteiger partial charge < -0.3 is 21.7 Å². The molecular formula is C9H24N3O2P. The third kappa shape index (κ3) is 10.4. The molecular weight excluding hydrogens is 213 g/mol. The van der Waals surface area contributed by atoms with E-state index in [1.54, 1.807) is 0 Å². The maximum atomic E-state index is 10.8. The van der Waals surface area contributed by atoms with E-state index >= 15 is 0 Å². The van der Waals surface area contributed by atoms with E-state index in [0.29, 0.717) is 25.4 Å². The summed E-state index contributed by atoms with van der Waals surface area (Å²) in [7, 11) is -2.59. The second-order valence-corrected chi connectivity index (χ2v) is 6.27. The van der Waals surface area contributed by atoms with Crippen LogP contribution in [0.25, 0.3) is 0 Å². The zero-order valence-electron chi connectivity index (χ0n) is 9.32. The molecule has 15 heavy (non-hydrogen) atoms. The fraction of sp³-hybridized carbons (Fsp3) is 1.00. The second-order valence-electron chi connectivity index (χ2n) is 3.68. The molecule has 5 nitrogen and oxygen atoms in total. The molecule has 0 atom stereocenters. The summed E-state index contributed by atoms with van der Waals surface area (Å²) in [6.45, 7) is 3.13. The van der Waals surface area contributed by atoms with Gasteiger partial charge in [0.05, 0.1) is 0 Å². The van der Waals surface area contributed by atoms with Crippen LogP contribution in [0.4, 0.5) is 0 Å². The van der Waals surface area contributed by atoms with E-state index in [0.717, 1.165) is 32.4 Å². The number of hydrogen-bond donors (Lipinski definition) is 4. The van der Waals surface area contributed by atoms with Gasteiger partial charge in [-0.05, 0) is 12.8 Å². The quantitative estimate of drug-likeness (QED) is 0.405. The summed E-state index contributed by atoms with van der Waals surface area (Å²) in [4.78, 5) is 8.93. The topological polar surface area (TPSA) is 101 Å². The van der Waals surface area contributed by atoms with Gasteiger partial charge in [0.15, 0.2) is 0 Å². The lowest BCUT2D eigenvalue weighted by atomic mass is 10.3. The van der Waals surface area contributed by atoms with Crippen molar-refractivity contribution in [2.24, 2.45) is 11.5 Å². The molecule has 1 aliphatic heterocycles. The minimum absolute atomic E-state index is 0.562. The molecule has 1 heterocycles. The van der Waals surface area contributed by atoms with Crippen molar-refractivity contribution >= 4 is 7.37 Å². The Labute approximate surface area is 92.1 Å². The molecule has 0 spiro atoms. The van der Waals surface area contributed by atoms with Crippen LogP contribution in [0.2, 0.25) is 0 Å². The zero-order chi connectivity index (χ0) is 11.6. The lowest BCUT2D eigenvalue weighted by Gasteiger charge is -2.15. The van der Waals surface area contributed by atoms with Crippen molar-refractivity contribution in [2.45, 2.75) is 19.3 Å². The molecule has 0 aliphatic carbocycles. The van der Waals surface area contributed by atoms with Crippen molar-refractivity contribution in [2.75, 3.05) is 38.5 Å². The Balaban J connectivity index is 0.000000265. The third-order valence-corrected chi connectivity index (χ3v) is 4.19. The van der Waals surface area contributed by atoms with E-state index in [1.807, 2.05) is 0 Å². The lowest BCUT2D eigenvalue weighted by molar-refractivity contribution is 0.463. The second kappa shape index (κ2) is 9.31. The van der Waals surface area contributed by atoms with Gasteiger partial charge in [-0.15, -0.1) is 0 Å². The van der Waals surface area contributed by atoms with Gasteiger partial charge in [0.2, 0.25) is 7.37 Å². The first-order chi connectivity index (χ1) is 7.12. The zero-order valence-corrected chi connectivity index (χ0v) is 10.2. The van der Waals surface area contributed by atoms with Crippen molar-refractivity contribution in [3.63, 3.8) is 0 Å². The number of nitrogens with two attached hydrogens (primary N) is 2. The Morgan fingerprint density at radius 1 is 1.07 bits per heavy atom. The highest BCUT2D eigenvalue weighted by atomic mass is 31.2. The highest BCUT2D eigenvalue weighted by Gasteiger charge is 2.20. The predicted octanol–water partition coefficient (Wildman–Crippen LogP) is -0.0659. The van der Waals surface area contributed by atoms with Gasteiger partial charge in [-0.25, -0.2) is 0 Å². The molecule has 1 fully saturated rings. The van der Waals surface area contributed by atoms with E-state index < -0.39 is 7.37 Å².